The van der Waals surface area contributed by atoms with Gasteiger partial charge >= 0.3 is 0 Å². The van der Waals surface area contributed by atoms with Crippen LogP contribution in [-0.4, -0.2) is 42.6 Å². The summed E-state index contributed by atoms with van der Waals surface area (Å²) in [5, 5.41) is 4.37. The van der Waals surface area contributed by atoms with Crippen molar-refractivity contribution in [3.63, 3.8) is 0 Å². The van der Waals surface area contributed by atoms with Gasteiger partial charge in [-0.2, -0.15) is 0 Å². The van der Waals surface area contributed by atoms with Gasteiger partial charge in [-0.25, -0.2) is 19.0 Å². The predicted octanol–water partition coefficient (Wildman–Crippen LogP) is 3.57. The maximum absolute atomic E-state index is 14.3. The molecule has 0 aliphatic heterocycles. The molecule has 2 atom stereocenters. The van der Waals surface area contributed by atoms with Gasteiger partial charge in [-0.3, -0.25) is 9.55 Å². The molecular formula is C24H20FN7O. The number of pyridine rings is 2. The third-order valence-electron chi connectivity index (χ3n) is 5.97. The quantitative estimate of drug-likeness (QED) is 0.458. The summed E-state index contributed by atoms with van der Waals surface area (Å²) in [4.78, 5) is 14.0. The Morgan fingerprint density at radius 2 is 2.03 bits per heavy atom. The van der Waals surface area contributed by atoms with Gasteiger partial charge in [0, 0.05) is 42.3 Å². The van der Waals surface area contributed by atoms with E-state index < -0.39 is 12.2 Å². The maximum Gasteiger partial charge on any atom is 0.232 e. The Labute approximate surface area is 188 Å². The number of benzene rings is 1. The van der Waals surface area contributed by atoms with Gasteiger partial charge in [0.15, 0.2) is 11.5 Å². The van der Waals surface area contributed by atoms with Gasteiger partial charge < -0.3 is 10.5 Å². The Morgan fingerprint density at radius 1 is 1.12 bits per heavy atom. The van der Waals surface area contributed by atoms with Crippen LogP contribution in [0.2, 0.25) is 0 Å². The molecule has 9 heteroatoms. The summed E-state index contributed by atoms with van der Waals surface area (Å²) in [6.45, 7) is 0. The van der Waals surface area contributed by atoms with Gasteiger partial charge in [-0.15, -0.1) is 5.10 Å². The Bertz CT molecular complexity index is 1480. The lowest BCUT2D eigenvalue weighted by Crippen LogP contribution is -2.17. The van der Waals surface area contributed by atoms with Crippen molar-refractivity contribution in [1.82, 2.24) is 29.3 Å². The highest BCUT2D eigenvalue weighted by Gasteiger charge is 2.30. The Morgan fingerprint density at radius 3 is 2.82 bits per heavy atom. The second-order valence-electron chi connectivity index (χ2n) is 7.96. The van der Waals surface area contributed by atoms with Crippen LogP contribution < -0.4 is 10.5 Å². The maximum atomic E-state index is 14.3. The zero-order chi connectivity index (χ0) is 22.5. The van der Waals surface area contributed by atoms with Crippen LogP contribution in [0.5, 0.6) is 5.88 Å². The van der Waals surface area contributed by atoms with E-state index in [1.54, 1.807) is 36.4 Å². The van der Waals surface area contributed by atoms with E-state index in [9.17, 15) is 4.39 Å². The highest BCUT2D eigenvalue weighted by molar-refractivity contribution is 5.80. The predicted molar refractivity (Wildman–Crippen MR) is 121 cm³/mol. The first kappa shape index (κ1) is 19.6. The zero-order valence-electron chi connectivity index (χ0n) is 17.8. The van der Waals surface area contributed by atoms with E-state index in [4.69, 9.17) is 20.4 Å². The number of hydrogen-bond acceptors (Lipinski definition) is 6. The smallest absolute Gasteiger partial charge is 0.232 e. The molecule has 0 radical (unpaired) electrons. The van der Waals surface area contributed by atoms with Crippen molar-refractivity contribution < 1.29 is 9.13 Å². The van der Waals surface area contributed by atoms with E-state index >= 15 is 0 Å². The first-order valence-corrected chi connectivity index (χ1v) is 10.5. The summed E-state index contributed by atoms with van der Waals surface area (Å²) in [6.07, 6.45) is 4.49. The SMILES string of the molecule is COc1ccn(-c2ccc3nc(-c4cccnc4)n(-c4ccc5c(c4)CC(F)[C@@H]5N)c3n2)n1. The lowest BCUT2D eigenvalue weighted by Gasteiger charge is -2.12. The molecule has 0 saturated carbocycles. The Kier molecular flexibility index (Phi) is 4.44. The van der Waals surface area contributed by atoms with Gasteiger partial charge in [0.2, 0.25) is 5.88 Å². The number of halogens is 1. The van der Waals surface area contributed by atoms with Crippen LogP contribution in [0.15, 0.2) is 67.1 Å². The lowest BCUT2D eigenvalue weighted by molar-refractivity contribution is 0.303. The van der Waals surface area contributed by atoms with Crippen molar-refractivity contribution in [2.75, 3.05) is 7.11 Å². The van der Waals surface area contributed by atoms with Gasteiger partial charge in [-0.05, 0) is 47.5 Å². The average molecular weight is 441 g/mol. The monoisotopic (exact) mass is 441 g/mol. The number of alkyl halides is 1. The van der Waals surface area contributed by atoms with Gasteiger partial charge in [0.25, 0.3) is 0 Å². The molecule has 1 aliphatic rings. The molecule has 5 aromatic rings. The second kappa shape index (κ2) is 7.49. The first-order chi connectivity index (χ1) is 16.1. The molecule has 0 fully saturated rings. The Balaban J connectivity index is 1.58. The van der Waals surface area contributed by atoms with Crippen LogP contribution in [0.25, 0.3) is 34.1 Å². The van der Waals surface area contributed by atoms with E-state index in [2.05, 4.69) is 10.1 Å². The number of nitrogens with zero attached hydrogens (tertiary/aromatic N) is 6. The lowest BCUT2D eigenvalue weighted by atomic mass is 10.1. The molecule has 8 nitrogen and oxygen atoms in total. The topological polar surface area (TPSA) is 96.7 Å². The molecule has 33 heavy (non-hydrogen) atoms. The van der Waals surface area contributed by atoms with Crippen molar-refractivity contribution in [1.29, 1.82) is 0 Å². The summed E-state index contributed by atoms with van der Waals surface area (Å²) >= 11 is 0. The molecule has 164 valence electrons. The fourth-order valence-electron chi connectivity index (χ4n) is 4.32. The molecule has 0 bridgehead atoms. The molecule has 1 aliphatic carbocycles. The summed E-state index contributed by atoms with van der Waals surface area (Å²) in [6, 6.07) is 14.6. The van der Waals surface area contributed by atoms with Crippen molar-refractivity contribution >= 4 is 11.2 Å². The van der Waals surface area contributed by atoms with Crippen molar-refractivity contribution in [2.45, 2.75) is 18.6 Å². The molecule has 6 rings (SSSR count). The van der Waals surface area contributed by atoms with E-state index in [0.29, 0.717) is 29.6 Å². The van der Waals surface area contributed by atoms with E-state index in [1.807, 2.05) is 47.0 Å². The highest BCUT2D eigenvalue weighted by atomic mass is 19.1. The molecule has 4 aromatic heterocycles. The number of hydrogen-bond donors (Lipinski definition) is 1. The van der Waals surface area contributed by atoms with E-state index in [-0.39, 0.29) is 0 Å². The number of imidazole rings is 1. The van der Waals surface area contributed by atoms with Crippen LogP contribution in [0, 0.1) is 0 Å². The number of ether oxygens (including phenoxy) is 1. The Hall–Kier alpha value is -4.11. The minimum absolute atomic E-state index is 0.297. The van der Waals surface area contributed by atoms with E-state index in [1.165, 1.54) is 0 Å². The minimum atomic E-state index is -1.08. The third-order valence-corrected chi connectivity index (χ3v) is 5.97. The number of nitrogens with two attached hydrogens (primary N) is 1. The van der Waals surface area contributed by atoms with Crippen LogP contribution in [0.3, 0.4) is 0 Å². The van der Waals surface area contributed by atoms with Gasteiger partial charge in [0.05, 0.1) is 13.2 Å². The van der Waals surface area contributed by atoms with Crippen LogP contribution >= 0.6 is 0 Å². The van der Waals surface area contributed by atoms with Crippen LogP contribution in [0.1, 0.15) is 17.2 Å². The number of fused-ring (bicyclic) bond motifs is 2. The minimum Gasteiger partial charge on any atom is -0.480 e. The molecule has 0 amide bonds. The fraction of sp³-hybridized carbons (Fsp3) is 0.167. The molecule has 4 heterocycles. The first-order valence-electron chi connectivity index (χ1n) is 10.5. The largest absolute Gasteiger partial charge is 0.480 e. The fourth-order valence-corrected chi connectivity index (χ4v) is 4.32. The van der Waals surface area contributed by atoms with Crippen LogP contribution in [-0.2, 0) is 6.42 Å². The summed E-state index contributed by atoms with van der Waals surface area (Å²) in [7, 11) is 1.57. The van der Waals surface area contributed by atoms with Crippen LogP contribution in [0.4, 0.5) is 4.39 Å². The number of rotatable bonds is 4. The molecule has 1 aromatic carbocycles. The van der Waals surface area contributed by atoms with E-state index in [0.717, 1.165) is 27.9 Å². The number of methoxy groups -OCH3 is 1. The van der Waals surface area contributed by atoms with Gasteiger partial charge in [-0.1, -0.05) is 6.07 Å². The third kappa shape index (κ3) is 3.16. The molecule has 1 unspecified atom stereocenters. The molecule has 2 N–H and O–H groups in total. The molecular weight excluding hydrogens is 421 g/mol. The molecule has 0 spiro atoms. The zero-order valence-corrected chi connectivity index (χ0v) is 17.8. The number of aromatic nitrogens is 6. The summed E-state index contributed by atoms with van der Waals surface area (Å²) in [5.74, 6) is 1.81. The average Bonchev–Trinajstić information content (AvgIpc) is 3.55. The standard InChI is InChI=1S/C24H20FN7O/c1-33-21-8-10-31(30-21)20-7-6-19-24(29-20)32(23(28-19)14-3-2-9-27-13-14)16-4-5-17-15(11-16)12-18(25)22(17)26/h2-11,13,18,22H,12,26H2,1H3/t18?,22-/m1/s1. The van der Waals surface area contributed by atoms with Crippen molar-refractivity contribution in [3.8, 4) is 28.8 Å². The molecule has 0 saturated heterocycles. The summed E-state index contributed by atoms with van der Waals surface area (Å²) in [5.41, 5.74) is 10.8. The normalized spacial score (nSPS) is 17.4. The van der Waals surface area contributed by atoms with Crippen molar-refractivity contribution in [3.05, 3.63) is 78.2 Å². The van der Waals surface area contributed by atoms with Gasteiger partial charge in [0.1, 0.15) is 17.5 Å². The van der Waals surface area contributed by atoms with Crippen molar-refractivity contribution in [2.24, 2.45) is 5.73 Å². The second-order valence-corrected chi connectivity index (χ2v) is 7.96. The summed E-state index contributed by atoms with van der Waals surface area (Å²) < 4.78 is 23.1. The highest BCUT2D eigenvalue weighted by Crippen LogP contribution is 2.35.